The summed E-state index contributed by atoms with van der Waals surface area (Å²) in [6.07, 6.45) is 0.0352. The number of hydrogen-bond acceptors (Lipinski definition) is 5. The summed E-state index contributed by atoms with van der Waals surface area (Å²) in [6, 6.07) is 4.60. The van der Waals surface area contributed by atoms with Crippen molar-refractivity contribution < 1.29 is 9.59 Å². The van der Waals surface area contributed by atoms with Crippen molar-refractivity contribution in [3.05, 3.63) is 40.2 Å². The van der Waals surface area contributed by atoms with Crippen molar-refractivity contribution >= 4 is 35.1 Å². The molecule has 1 saturated heterocycles. The number of halogens is 1. The van der Waals surface area contributed by atoms with Gasteiger partial charge in [-0.25, -0.2) is 5.01 Å². The Kier molecular flexibility index (Phi) is 4.19. The lowest BCUT2D eigenvalue weighted by molar-refractivity contribution is -0.129. The number of benzene rings is 1. The van der Waals surface area contributed by atoms with E-state index in [1.165, 1.54) is 0 Å². The van der Waals surface area contributed by atoms with Crippen LogP contribution in [0, 0.1) is 6.92 Å². The van der Waals surface area contributed by atoms with Gasteiger partial charge in [-0.3, -0.25) is 20.3 Å². The lowest BCUT2D eigenvalue weighted by Crippen LogP contribution is -2.61. The number of aliphatic imine (C=N–C) groups is 1. The number of anilines is 1. The van der Waals surface area contributed by atoms with Gasteiger partial charge in [0.05, 0.1) is 6.42 Å². The highest BCUT2D eigenvalue weighted by atomic mass is 35.5. The number of guanidine groups is 1. The Morgan fingerprint density at radius 2 is 2.17 bits per heavy atom. The van der Waals surface area contributed by atoms with Crippen LogP contribution >= 0.6 is 11.6 Å². The number of hydrogen-bond donors (Lipinski definition) is 3. The zero-order valence-electron chi connectivity index (χ0n) is 13.6. The fourth-order valence-corrected chi connectivity index (χ4v) is 2.68. The SMILES string of the molecule is CC(C)=C1N=C2NC(=O)C[C@H](C(=O)Nc3cccc(Cl)c3C)N2N1. The molecule has 0 unspecified atom stereocenters. The molecular weight excluding hydrogens is 330 g/mol. The number of amides is 2. The Morgan fingerprint density at radius 3 is 2.88 bits per heavy atom. The van der Waals surface area contributed by atoms with Crippen LogP contribution in [-0.4, -0.2) is 28.8 Å². The van der Waals surface area contributed by atoms with E-state index in [2.05, 4.69) is 21.1 Å². The molecule has 24 heavy (non-hydrogen) atoms. The number of hydrazine groups is 1. The number of allylic oxidation sites excluding steroid dienone is 1. The molecule has 0 aliphatic carbocycles. The molecule has 0 radical (unpaired) electrons. The molecule has 1 aromatic rings. The first-order valence-electron chi connectivity index (χ1n) is 7.54. The Labute approximate surface area is 144 Å². The first-order chi connectivity index (χ1) is 11.4. The van der Waals surface area contributed by atoms with E-state index >= 15 is 0 Å². The Balaban J connectivity index is 1.84. The van der Waals surface area contributed by atoms with Crippen LogP contribution < -0.4 is 16.1 Å². The summed E-state index contributed by atoms with van der Waals surface area (Å²) in [5.41, 5.74) is 5.42. The first kappa shape index (κ1) is 16.3. The minimum Gasteiger partial charge on any atom is -0.324 e. The molecule has 0 bridgehead atoms. The molecule has 0 aromatic heterocycles. The zero-order valence-corrected chi connectivity index (χ0v) is 14.4. The molecule has 2 amide bonds. The van der Waals surface area contributed by atoms with Gasteiger partial charge < -0.3 is 5.32 Å². The van der Waals surface area contributed by atoms with Crippen LogP contribution in [0.15, 0.2) is 34.6 Å². The van der Waals surface area contributed by atoms with Gasteiger partial charge in [0, 0.05) is 10.7 Å². The van der Waals surface area contributed by atoms with Gasteiger partial charge in [-0.1, -0.05) is 17.7 Å². The molecular formula is C16H18ClN5O2. The molecule has 126 valence electrons. The third-order valence-electron chi connectivity index (χ3n) is 3.92. The summed E-state index contributed by atoms with van der Waals surface area (Å²) in [4.78, 5) is 28.9. The fraction of sp³-hybridized carbons (Fsp3) is 0.312. The van der Waals surface area contributed by atoms with Gasteiger partial charge in [-0.05, 0) is 44.0 Å². The van der Waals surface area contributed by atoms with Gasteiger partial charge >= 0.3 is 0 Å². The van der Waals surface area contributed by atoms with Crippen molar-refractivity contribution in [3.8, 4) is 0 Å². The number of carbonyl (C=O) groups is 2. The maximum Gasteiger partial charge on any atom is 0.249 e. The van der Waals surface area contributed by atoms with Crippen LogP contribution in [0.2, 0.25) is 5.02 Å². The first-order valence-corrected chi connectivity index (χ1v) is 7.92. The Morgan fingerprint density at radius 1 is 1.42 bits per heavy atom. The number of nitrogens with zero attached hydrogens (tertiary/aromatic N) is 2. The van der Waals surface area contributed by atoms with Crippen molar-refractivity contribution in [1.82, 2.24) is 15.8 Å². The third-order valence-corrected chi connectivity index (χ3v) is 4.33. The number of rotatable bonds is 2. The van der Waals surface area contributed by atoms with Gasteiger partial charge in [0.15, 0.2) is 0 Å². The van der Waals surface area contributed by atoms with Crippen LogP contribution in [0.3, 0.4) is 0 Å². The lowest BCUT2D eigenvalue weighted by atomic mass is 10.1. The number of nitrogens with one attached hydrogen (secondary N) is 3. The van der Waals surface area contributed by atoms with Crippen LogP contribution in [0.25, 0.3) is 0 Å². The van der Waals surface area contributed by atoms with Crippen LogP contribution in [0.1, 0.15) is 25.8 Å². The minimum atomic E-state index is -0.701. The smallest absolute Gasteiger partial charge is 0.249 e. The van der Waals surface area contributed by atoms with Gasteiger partial charge in [-0.2, -0.15) is 4.99 Å². The largest absolute Gasteiger partial charge is 0.324 e. The number of fused-ring (bicyclic) bond motifs is 1. The zero-order chi connectivity index (χ0) is 17.4. The van der Waals surface area contributed by atoms with E-state index in [4.69, 9.17) is 11.6 Å². The normalized spacial score (nSPS) is 19.2. The van der Waals surface area contributed by atoms with Crippen LogP contribution in [0.4, 0.5) is 5.69 Å². The molecule has 2 aliphatic rings. The van der Waals surface area contributed by atoms with Crippen molar-refractivity contribution in [2.24, 2.45) is 4.99 Å². The standard InChI is InChI=1S/C16H18ClN5O2/c1-8(2)14-20-16-19-13(23)7-12(22(16)21-14)15(24)18-11-6-4-5-10(17)9(11)3/h4-6,12,21H,7H2,1-3H3,(H,18,24)(H,19,20,23)/t12-/m1/s1. The molecule has 8 heteroatoms. The molecule has 1 aromatic carbocycles. The van der Waals surface area contributed by atoms with Gasteiger partial charge in [0.1, 0.15) is 11.9 Å². The quantitative estimate of drug-likeness (QED) is 0.762. The van der Waals surface area contributed by atoms with E-state index in [0.717, 1.165) is 11.1 Å². The topological polar surface area (TPSA) is 85.8 Å². The second-order valence-electron chi connectivity index (χ2n) is 5.94. The fourth-order valence-electron chi connectivity index (χ4n) is 2.50. The second kappa shape index (κ2) is 6.16. The van der Waals surface area contributed by atoms with Crippen LogP contribution in [0.5, 0.6) is 0 Å². The summed E-state index contributed by atoms with van der Waals surface area (Å²) in [5, 5.41) is 7.67. The molecule has 1 fully saturated rings. The molecule has 7 nitrogen and oxygen atoms in total. The van der Waals surface area contributed by atoms with Crippen molar-refractivity contribution in [1.29, 1.82) is 0 Å². The Bertz CT molecular complexity index is 783. The van der Waals surface area contributed by atoms with E-state index in [-0.39, 0.29) is 18.2 Å². The summed E-state index contributed by atoms with van der Waals surface area (Å²) < 4.78 is 0. The highest BCUT2D eigenvalue weighted by Crippen LogP contribution is 2.24. The summed E-state index contributed by atoms with van der Waals surface area (Å²) in [6.45, 7) is 5.63. The van der Waals surface area contributed by atoms with Crippen molar-refractivity contribution in [2.75, 3.05) is 5.32 Å². The van der Waals surface area contributed by atoms with E-state index in [1.807, 2.05) is 20.8 Å². The number of carbonyl (C=O) groups excluding carboxylic acids is 2. The second-order valence-corrected chi connectivity index (χ2v) is 6.34. The van der Waals surface area contributed by atoms with Gasteiger partial charge in [0.2, 0.25) is 17.8 Å². The van der Waals surface area contributed by atoms with E-state index in [0.29, 0.717) is 22.5 Å². The highest BCUT2D eigenvalue weighted by molar-refractivity contribution is 6.31. The van der Waals surface area contributed by atoms with E-state index in [9.17, 15) is 9.59 Å². The van der Waals surface area contributed by atoms with Gasteiger partial charge in [-0.15, -0.1) is 0 Å². The predicted octanol–water partition coefficient (Wildman–Crippen LogP) is 1.90. The van der Waals surface area contributed by atoms with E-state index in [1.54, 1.807) is 23.2 Å². The summed E-state index contributed by atoms with van der Waals surface area (Å²) in [5.74, 6) is 0.421. The van der Waals surface area contributed by atoms with Crippen LogP contribution in [-0.2, 0) is 9.59 Å². The van der Waals surface area contributed by atoms with Crippen molar-refractivity contribution in [2.45, 2.75) is 33.2 Å². The average Bonchev–Trinajstić information content (AvgIpc) is 2.95. The predicted molar refractivity (Wildman–Crippen MR) is 92.2 cm³/mol. The maximum absolute atomic E-state index is 12.7. The highest BCUT2D eigenvalue weighted by Gasteiger charge is 2.39. The molecule has 3 N–H and O–H groups in total. The van der Waals surface area contributed by atoms with Crippen molar-refractivity contribution in [3.63, 3.8) is 0 Å². The third kappa shape index (κ3) is 2.94. The maximum atomic E-state index is 12.7. The minimum absolute atomic E-state index is 0.0352. The molecule has 1 atom stereocenters. The monoisotopic (exact) mass is 347 g/mol. The molecule has 3 rings (SSSR count). The Hall–Kier alpha value is -2.54. The average molecular weight is 348 g/mol. The van der Waals surface area contributed by atoms with Gasteiger partial charge in [0.25, 0.3) is 0 Å². The molecule has 2 aliphatic heterocycles. The summed E-state index contributed by atoms with van der Waals surface area (Å²) >= 11 is 6.09. The molecule has 0 spiro atoms. The molecule has 0 saturated carbocycles. The molecule has 2 heterocycles. The van der Waals surface area contributed by atoms with E-state index < -0.39 is 6.04 Å². The summed E-state index contributed by atoms with van der Waals surface area (Å²) in [7, 11) is 0. The lowest BCUT2D eigenvalue weighted by Gasteiger charge is -2.32.